The van der Waals surface area contributed by atoms with E-state index in [-0.39, 0.29) is 18.4 Å². The third-order valence-corrected chi connectivity index (χ3v) is 5.52. The van der Waals surface area contributed by atoms with E-state index in [4.69, 9.17) is 9.47 Å². The number of carbonyl (C=O) groups excluding carboxylic acids is 1. The fraction of sp³-hybridized carbons (Fsp3) is 0.409. The molecule has 1 aromatic carbocycles. The average molecular weight is 511 g/mol. The molecule has 35 heavy (non-hydrogen) atoms. The van der Waals surface area contributed by atoms with Crippen LogP contribution in [0.25, 0.3) is 0 Å². The summed E-state index contributed by atoms with van der Waals surface area (Å²) in [5, 5.41) is 19.1. The van der Waals surface area contributed by atoms with E-state index in [0.29, 0.717) is 17.3 Å². The zero-order valence-electron chi connectivity index (χ0n) is 19.4. The minimum atomic E-state index is -2.97. The zero-order valence-corrected chi connectivity index (χ0v) is 20.2. The summed E-state index contributed by atoms with van der Waals surface area (Å²) >= 11 is 1.08. The maximum Gasteiger partial charge on any atom is 0.387 e. The van der Waals surface area contributed by atoms with Crippen LogP contribution in [0.5, 0.6) is 10.9 Å². The van der Waals surface area contributed by atoms with E-state index >= 15 is 0 Å². The van der Waals surface area contributed by atoms with Gasteiger partial charge in [0.25, 0.3) is 11.1 Å². The molecule has 0 saturated carbocycles. The largest absolute Gasteiger partial charge is 0.464 e. The first-order chi connectivity index (χ1) is 17.0. The Morgan fingerprint density at radius 2 is 2.06 bits per heavy atom. The Bertz CT molecular complexity index is 1080. The van der Waals surface area contributed by atoms with E-state index in [1.165, 1.54) is 25.3 Å². The smallest absolute Gasteiger partial charge is 0.387 e. The lowest BCUT2D eigenvalue weighted by molar-refractivity contribution is -0.126. The number of rotatable bonds is 9. The molecule has 1 unspecified atom stereocenters. The van der Waals surface area contributed by atoms with Crippen molar-refractivity contribution in [1.29, 1.82) is 0 Å². The highest BCUT2D eigenvalue weighted by Crippen LogP contribution is 2.29. The van der Waals surface area contributed by atoms with E-state index in [9.17, 15) is 13.6 Å². The summed E-state index contributed by atoms with van der Waals surface area (Å²) in [6.45, 7) is 2.43. The third-order valence-electron chi connectivity index (χ3n) is 4.79. The van der Waals surface area contributed by atoms with Crippen LogP contribution in [-0.4, -0.2) is 59.2 Å². The van der Waals surface area contributed by atoms with Crippen molar-refractivity contribution in [1.82, 2.24) is 20.4 Å². The second kappa shape index (κ2) is 12.9. The van der Waals surface area contributed by atoms with Gasteiger partial charge in [0.2, 0.25) is 5.13 Å². The van der Waals surface area contributed by atoms with Gasteiger partial charge in [-0.25, -0.2) is 0 Å². The minimum absolute atomic E-state index is 0. The first-order valence-electron chi connectivity index (χ1n) is 10.9. The molecule has 190 valence electrons. The number of nitrogens with one attached hydrogen (secondary N) is 1. The summed E-state index contributed by atoms with van der Waals surface area (Å²) in [6.07, 6.45) is 1.23. The lowest BCUT2D eigenvalue weighted by atomic mass is 10.1. The van der Waals surface area contributed by atoms with Gasteiger partial charge in [-0.15, -0.1) is 10.2 Å². The summed E-state index contributed by atoms with van der Waals surface area (Å²) < 4.78 is 40.5. The fourth-order valence-electron chi connectivity index (χ4n) is 3.36. The molecule has 0 radical (unpaired) electrons. The fourth-order valence-corrected chi connectivity index (χ4v) is 4.03. The van der Waals surface area contributed by atoms with Crippen LogP contribution < -0.4 is 19.7 Å². The molecule has 1 aliphatic heterocycles. The number of carbonyl (C=O) groups is 1. The number of methoxy groups -OCH3 is 1. The van der Waals surface area contributed by atoms with Crippen LogP contribution in [0.3, 0.4) is 0 Å². The molecular formula is C22H28F2N6O4S. The molecule has 1 amide bonds. The number of hydrogen-bond acceptors (Lipinski definition) is 10. The maximum atomic E-state index is 12.7. The van der Waals surface area contributed by atoms with Gasteiger partial charge >= 0.3 is 6.61 Å². The molecule has 1 fully saturated rings. The predicted octanol–water partition coefficient (Wildman–Crippen LogP) is 4.19. The Morgan fingerprint density at radius 3 is 2.77 bits per heavy atom. The van der Waals surface area contributed by atoms with Crippen LogP contribution in [0.4, 0.5) is 19.7 Å². The quantitative estimate of drug-likeness (QED) is 0.453. The first kappa shape index (κ1) is 26.2. The summed E-state index contributed by atoms with van der Waals surface area (Å²) in [5.41, 5.74) is 0.351. The van der Waals surface area contributed by atoms with Gasteiger partial charge in [-0.3, -0.25) is 10.1 Å². The van der Waals surface area contributed by atoms with Crippen molar-refractivity contribution >= 4 is 28.2 Å². The Morgan fingerprint density at radius 1 is 1.23 bits per heavy atom. The van der Waals surface area contributed by atoms with Crippen molar-refractivity contribution in [3.63, 3.8) is 0 Å². The Labute approximate surface area is 206 Å². The first-order valence-corrected chi connectivity index (χ1v) is 11.7. The molecule has 1 saturated heterocycles. The van der Waals surface area contributed by atoms with E-state index < -0.39 is 18.6 Å². The Hall–Kier alpha value is -3.45. The summed E-state index contributed by atoms with van der Waals surface area (Å²) in [4.78, 5) is 14.8. The Balaban J connectivity index is 0.00000148. The second-order valence-corrected chi connectivity index (χ2v) is 7.93. The molecule has 13 heteroatoms. The maximum absolute atomic E-state index is 12.7. The molecule has 0 spiro atoms. The molecular weight excluding hydrogens is 482 g/mol. The zero-order chi connectivity index (χ0) is 25.2. The molecule has 1 aliphatic rings. The van der Waals surface area contributed by atoms with Gasteiger partial charge in [-0.1, -0.05) is 31.1 Å². The normalized spacial score (nSPS) is 15.8. The minimum Gasteiger partial charge on any atom is -0.464 e. The van der Waals surface area contributed by atoms with Crippen LogP contribution in [0.2, 0.25) is 0 Å². The lowest BCUT2D eigenvalue weighted by Crippen LogP contribution is -2.25. The highest BCUT2D eigenvalue weighted by Gasteiger charge is 2.27. The Kier molecular flexibility index (Phi) is 9.61. The topological polar surface area (TPSA) is 112 Å². The van der Waals surface area contributed by atoms with Gasteiger partial charge in [-0.2, -0.15) is 13.9 Å². The number of anilines is 2. The number of nitrogens with zero attached hydrogens (tertiary/aromatic N) is 5. The summed E-state index contributed by atoms with van der Waals surface area (Å²) in [7, 11) is 1.34. The van der Waals surface area contributed by atoms with Crippen LogP contribution in [0.15, 0.2) is 42.6 Å². The van der Waals surface area contributed by atoms with Crippen LogP contribution in [-0.2, 0) is 9.53 Å². The van der Waals surface area contributed by atoms with E-state index in [1.807, 2.05) is 26.0 Å². The molecule has 4 rings (SSSR count). The molecule has 0 aliphatic carbocycles. The molecule has 10 nitrogen and oxygen atoms in total. The van der Waals surface area contributed by atoms with E-state index in [2.05, 4.69) is 35.3 Å². The molecule has 2 atom stereocenters. The van der Waals surface area contributed by atoms with Crippen LogP contribution >= 0.6 is 11.3 Å². The molecule has 3 aromatic rings. The van der Waals surface area contributed by atoms with Gasteiger partial charge in [0.15, 0.2) is 11.9 Å². The van der Waals surface area contributed by atoms with Crippen LogP contribution in [0, 0.1) is 0 Å². The highest BCUT2D eigenvalue weighted by molar-refractivity contribution is 7.17. The third kappa shape index (κ3) is 7.26. The van der Waals surface area contributed by atoms with Gasteiger partial charge in [0.05, 0.1) is 6.54 Å². The van der Waals surface area contributed by atoms with Gasteiger partial charge in [0, 0.05) is 27.7 Å². The lowest BCUT2D eigenvalue weighted by Gasteiger charge is -2.16. The number of hydrogen-bond donors (Lipinski definition) is 1. The predicted molar refractivity (Wildman–Crippen MR) is 128 cm³/mol. The summed E-state index contributed by atoms with van der Waals surface area (Å²) in [5.74, 6) is 0.169. The monoisotopic (exact) mass is 510 g/mol. The molecule has 0 bridgehead atoms. The van der Waals surface area contributed by atoms with Crippen molar-refractivity contribution in [3.05, 3.63) is 48.2 Å². The SMILES string of the molecule is CC.COC(C(=O)Nc1nnc(O[C@@H]2CCN(c3cccnn3)C2)s1)c1cccc(OC(F)F)c1.[HH]. The van der Waals surface area contributed by atoms with E-state index in [0.717, 1.165) is 30.1 Å². The van der Waals surface area contributed by atoms with Crippen molar-refractivity contribution in [3.8, 4) is 10.9 Å². The van der Waals surface area contributed by atoms with Crippen molar-refractivity contribution in [2.24, 2.45) is 0 Å². The number of alkyl halides is 2. The molecule has 1 N–H and O–H groups in total. The highest BCUT2D eigenvalue weighted by atomic mass is 32.1. The number of halogens is 2. The number of ether oxygens (including phenoxy) is 3. The summed E-state index contributed by atoms with van der Waals surface area (Å²) in [6, 6.07) is 9.46. The number of amides is 1. The van der Waals surface area contributed by atoms with Gasteiger partial charge in [-0.05, 0) is 41.2 Å². The average Bonchev–Trinajstić information content (AvgIpc) is 3.51. The molecule has 2 aromatic heterocycles. The van der Waals surface area contributed by atoms with Crippen molar-refractivity contribution in [2.45, 2.75) is 39.1 Å². The molecule has 3 heterocycles. The van der Waals surface area contributed by atoms with E-state index in [1.54, 1.807) is 12.3 Å². The van der Waals surface area contributed by atoms with Crippen molar-refractivity contribution in [2.75, 3.05) is 30.4 Å². The number of aromatic nitrogens is 4. The van der Waals surface area contributed by atoms with Crippen molar-refractivity contribution < 1.29 is 29.2 Å². The van der Waals surface area contributed by atoms with Gasteiger partial charge in [0.1, 0.15) is 11.9 Å². The van der Waals surface area contributed by atoms with Crippen LogP contribution in [0.1, 0.15) is 33.4 Å². The van der Waals surface area contributed by atoms with Gasteiger partial charge < -0.3 is 19.1 Å². The standard InChI is InChI=1S/C20H20F2N6O4S.C2H6.H2/c1-30-16(12-4-2-5-13(10-12)31-18(21)22)17(29)24-19-26-27-20(33-19)32-14-7-9-28(11-14)15-6-3-8-23-25-15;1-2;/h2-6,8,10,14,16,18H,7,9,11H2,1H3,(H,24,26,29);1-2H3;1H/t14-,16?;;/m1../s1. The number of benzene rings is 1. The second-order valence-electron chi connectivity index (χ2n) is 6.99.